The molecule has 7 heteroatoms. The minimum absolute atomic E-state index is 0.595. The number of piperidine rings is 1. The quantitative estimate of drug-likeness (QED) is 0.817. The molecule has 2 aliphatic heterocycles. The third-order valence-corrected chi connectivity index (χ3v) is 5.72. The van der Waals surface area contributed by atoms with Crippen molar-refractivity contribution in [3.8, 4) is 0 Å². The maximum Gasteiger partial charge on any atom is 0.135 e. The molecule has 1 aliphatic carbocycles. The van der Waals surface area contributed by atoms with Crippen LogP contribution in [0.4, 0.5) is 5.82 Å². The van der Waals surface area contributed by atoms with Crippen LogP contribution in [0.2, 0.25) is 0 Å². The van der Waals surface area contributed by atoms with Gasteiger partial charge in [-0.25, -0.2) is 15.0 Å². The molecule has 2 aromatic heterocycles. The predicted molar refractivity (Wildman–Crippen MR) is 97.7 cm³/mol. The SMILES string of the molecule is c1cc(N(C2CC2)C2CCN(Cc3cn4c(n3)COCC4)CC2)ncn1. The van der Waals surface area contributed by atoms with E-state index in [1.165, 1.54) is 31.4 Å². The van der Waals surface area contributed by atoms with Crippen molar-refractivity contribution in [2.45, 2.75) is 57.5 Å². The number of ether oxygens (including phenoxy) is 1. The first-order chi connectivity index (χ1) is 12.9. The molecule has 0 radical (unpaired) electrons. The molecular weight excluding hydrogens is 328 g/mol. The van der Waals surface area contributed by atoms with Gasteiger partial charge in [0, 0.05) is 50.7 Å². The summed E-state index contributed by atoms with van der Waals surface area (Å²) in [5.41, 5.74) is 1.18. The first-order valence-corrected chi connectivity index (χ1v) is 9.76. The van der Waals surface area contributed by atoms with Gasteiger partial charge in [-0.2, -0.15) is 0 Å². The number of imidazole rings is 1. The highest BCUT2D eigenvalue weighted by molar-refractivity contribution is 5.41. The molecule has 0 N–H and O–H groups in total. The molecule has 26 heavy (non-hydrogen) atoms. The normalized spacial score (nSPS) is 21.5. The first kappa shape index (κ1) is 16.2. The van der Waals surface area contributed by atoms with E-state index in [4.69, 9.17) is 9.72 Å². The smallest absolute Gasteiger partial charge is 0.135 e. The Labute approximate surface area is 154 Å². The van der Waals surface area contributed by atoms with Crippen molar-refractivity contribution in [1.29, 1.82) is 0 Å². The zero-order valence-electron chi connectivity index (χ0n) is 15.1. The highest BCUT2D eigenvalue weighted by Gasteiger charge is 2.36. The van der Waals surface area contributed by atoms with Gasteiger partial charge < -0.3 is 14.2 Å². The summed E-state index contributed by atoms with van der Waals surface area (Å²) in [5, 5.41) is 0. The number of aromatic nitrogens is 4. The van der Waals surface area contributed by atoms with Gasteiger partial charge in [0.15, 0.2) is 0 Å². The number of hydrogen-bond donors (Lipinski definition) is 0. The molecule has 1 saturated carbocycles. The van der Waals surface area contributed by atoms with Gasteiger partial charge in [-0.05, 0) is 31.7 Å². The Balaban J connectivity index is 1.21. The predicted octanol–water partition coefficient (Wildman–Crippen LogP) is 1.84. The van der Waals surface area contributed by atoms with Gasteiger partial charge in [-0.1, -0.05) is 0 Å². The fourth-order valence-electron chi connectivity index (χ4n) is 4.27. The number of anilines is 1. The lowest BCUT2D eigenvalue weighted by Gasteiger charge is -2.39. The van der Waals surface area contributed by atoms with E-state index in [2.05, 4.69) is 36.6 Å². The summed E-state index contributed by atoms with van der Waals surface area (Å²) < 4.78 is 7.74. The highest BCUT2D eigenvalue weighted by atomic mass is 16.5. The summed E-state index contributed by atoms with van der Waals surface area (Å²) in [6.07, 6.45) is 10.7. The Morgan fingerprint density at radius 2 is 1.96 bits per heavy atom. The van der Waals surface area contributed by atoms with E-state index >= 15 is 0 Å². The largest absolute Gasteiger partial charge is 0.372 e. The van der Waals surface area contributed by atoms with Crippen LogP contribution in [0.3, 0.4) is 0 Å². The maximum absolute atomic E-state index is 5.50. The fraction of sp³-hybridized carbons (Fsp3) is 0.632. The van der Waals surface area contributed by atoms with Gasteiger partial charge in [0.1, 0.15) is 24.6 Å². The number of hydrogen-bond acceptors (Lipinski definition) is 6. The Morgan fingerprint density at radius 3 is 2.69 bits per heavy atom. The van der Waals surface area contributed by atoms with Gasteiger partial charge in [0.25, 0.3) is 0 Å². The van der Waals surface area contributed by atoms with E-state index in [0.29, 0.717) is 18.7 Å². The van der Waals surface area contributed by atoms with Crippen LogP contribution in [-0.2, 0) is 24.4 Å². The molecule has 0 aromatic carbocycles. The Kier molecular flexibility index (Phi) is 4.34. The van der Waals surface area contributed by atoms with Crippen molar-refractivity contribution in [3.05, 3.63) is 36.3 Å². The van der Waals surface area contributed by atoms with Crippen molar-refractivity contribution >= 4 is 5.82 Å². The number of fused-ring (bicyclic) bond motifs is 1. The zero-order chi connectivity index (χ0) is 17.3. The van der Waals surface area contributed by atoms with Crippen molar-refractivity contribution < 1.29 is 4.74 Å². The van der Waals surface area contributed by atoms with E-state index in [1.54, 1.807) is 6.33 Å². The Hall–Kier alpha value is -1.99. The number of likely N-dealkylation sites (tertiary alicyclic amines) is 1. The summed E-state index contributed by atoms with van der Waals surface area (Å²) in [6.45, 7) is 5.57. The van der Waals surface area contributed by atoms with Crippen molar-refractivity contribution in [3.63, 3.8) is 0 Å². The zero-order valence-corrected chi connectivity index (χ0v) is 15.1. The van der Waals surface area contributed by atoms with Crippen LogP contribution in [0.25, 0.3) is 0 Å². The van der Waals surface area contributed by atoms with Crippen LogP contribution < -0.4 is 4.90 Å². The fourth-order valence-corrected chi connectivity index (χ4v) is 4.27. The molecule has 0 unspecified atom stereocenters. The number of rotatable bonds is 5. The summed E-state index contributed by atoms with van der Waals surface area (Å²) >= 11 is 0. The Morgan fingerprint density at radius 1 is 1.12 bits per heavy atom. The molecule has 0 amide bonds. The molecule has 3 aliphatic rings. The minimum Gasteiger partial charge on any atom is -0.372 e. The van der Waals surface area contributed by atoms with E-state index in [0.717, 1.165) is 44.4 Å². The number of nitrogens with zero attached hydrogens (tertiary/aromatic N) is 6. The lowest BCUT2D eigenvalue weighted by atomic mass is 10.0. The summed E-state index contributed by atoms with van der Waals surface area (Å²) in [7, 11) is 0. The molecule has 0 bridgehead atoms. The van der Waals surface area contributed by atoms with Crippen LogP contribution in [-0.4, -0.2) is 56.2 Å². The molecule has 4 heterocycles. The first-order valence-electron chi connectivity index (χ1n) is 9.76. The molecule has 2 aromatic rings. The van der Waals surface area contributed by atoms with Crippen LogP contribution >= 0.6 is 0 Å². The second kappa shape index (κ2) is 6.96. The van der Waals surface area contributed by atoms with Crippen molar-refractivity contribution in [2.24, 2.45) is 0 Å². The average Bonchev–Trinajstić information content (AvgIpc) is 3.43. The summed E-state index contributed by atoms with van der Waals surface area (Å²) in [5.74, 6) is 2.17. The molecule has 1 saturated heterocycles. The molecular formula is C19H26N6O. The van der Waals surface area contributed by atoms with E-state index in [-0.39, 0.29) is 0 Å². The van der Waals surface area contributed by atoms with Crippen molar-refractivity contribution in [1.82, 2.24) is 24.4 Å². The van der Waals surface area contributed by atoms with Crippen LogP contribution in [0.1, 0.15) is 37.2 Å². The van der Waals surface area contributed by atoms with Crippen LogP contribution in [0.15, 0.2) is 24.8 Å². The topological polar surface area (TPSA) is 59.3 Å². The molecule has 0 atom stereocenters. The van der Waals surface area contributed by atoms with Crippen LogP contribution in [0, 0.1) is 0 Å². The molecule has 138 valence electrons. The van der Waals surface area contributed by atoms with Gasteiger partial charge in [0.2, 0.25) is 0 Å². The highest BCUT2D eigenvalue weighted by Crippen LogP contribution is 2.35. The standard InChI is InChI=1S/C19H26N6O/c1-2-16(1)25(18-3-6-20-14-21-18)17-4-7-23(8-5-17)11-15-12-24-9-10-26-13-19(24)22-15/h3,6,12,14,16-17H,1-2,4-5,7-11,13H2. The van der Waals surface area contributed by atoms with Crippen LogP contribution in [0.5, 0.6) is 0 Å². The molecule has 7 nitrogen and oxygen atoms in total. The van der Waals surface area contributed by atoms with Gasteiger partial charge in [-0.15, -0.1) is 0 Å². The van der Waals surface area contributed by atoms with Crippen molar-refractivity contribution in [2.75, 3.05) is 24.6 Å². The van der Waals surface area contributed by atoms with Gasteiger partial charge >= 0.3 is 0 Å². The maximum atomic E-state index is 5.50. The summed E-state index contributed by atoms with van der Waals surface area (Å²) in [6, 6.07) is 3.33. The second-order valence-electron chi connectivity index (χ2n) is 7.61. The molecule has 0 spiro atoms. The average molecular weight is 354 g/mol. The van der Waals surface area contributed by atoms with E-state index in [1.807, 2.05) is 6.20 Å². The molecule has 2 fully saturated rings. The third-order valence-electron chi connectivity index (χ3n) is 5.72. The third kappa shape index (κ3) is 3.33. The second-order valence-corrected chi connectivity index (χ2v) is 7.61. The Bertz CT molecular complexity index is 712. The molecule has 5 rings (SSSR count). The van der Waals surface area contributed by atoms with Gasteiger partial charge in [-0.3, -0.25) is 4.90 Å². The van der Waals surface area contributed by atoms with E-state index < -0.39 is 0 Å². The monoisotopic (exact) mass is 354 g/mol. The lowest BCUT2D eigenvalue weighted by molar-refractivity contribution is 0.0816. The minimum atomic E-state index is 0.595. The van der Waals surface area contributed by atoms with Gasteiger partial charge in [0.05, 0.1) is 12.3 Å². The summed E-state index contributed by atoms with van der Waals surface area (Å²) in [4.78, 5) is 18.4. The van der Waals surface area contributed by atoms with E-state index in [9.17, 15) is 0 Å². The lowest BCUT2D eigenvalue weighted by Crippen LogP contribution is -2.46.